The maximum atomic E-state index is 10.2. The van der Waals surface area contributed by atoms with Crippen molar-refractivity contribution in [3.05, 3.63) is 60.1 Å². The predicted octanol–water partition coefficient (Wildman–Crippen LogP) is 2.43. The summed E-state index contributed by atoms with van der Waals surface area (Å²) in [6.07, 6.45) is 2.73. The Morgan fingerprint density at radius 1 is 1.08 bits per heavy atom. The fourth-order valence-corrected chi connectivity index (χ4v) is 2.56. The maximum absolute atomic E-state index is 10.2. The van der Waals surface area contributed by atoms with Crippen molar-refractivity contribution in [2.24, 2.45) is 0 Å². The molecular weight excluding hydrogens is 306 g/mol. The third-order valence-electron chi connectivity index (χ3n) is 3.74. The van der Waals surface area contributed by atoms with Crippen LogP contribution in [0.25, 0.3) is 0 Å². The van der Waals surface area contributed by atoms with Crippen molar-refractivity contribution >= 4 is 0 Å². The Bertz CT molecular complexity index is 530. The van der Waals surface area contributed by atoms with Crippen LogP contribution in [0.3, 0.4) is 0 Å². The van der Waals surface area contributed by atoms with Crippen LogP contribution in [-0.2, 0) is 17.9 Å². The molecule has 132 valence electrons. The Morgan fingerprint density at radius 2 is 1.92 bits per heavy atom. The summed E-state index contributed by atoms with van der Waals surface area (Å²) in [5.41, 5.74) is 1.21. The molecule has 2 aromatic rings. The van der Waals surface area contributed by atoms with Gasteiger partial charge in [0.05, 0.1) is 19.0 Å². The normalized spacial score (nSPS) is 12.6. The average molecular weight is 333 g/mol. The van der Waals surface area contributed by atoms with Gasteiger partial charge >= 0.3 is 0 Å². The van der Waals surface area contributed by atoms with Crippen LogP contribution >= 0.6 is 0 Å². The maximum Gasteiger partial charge on any atom is 0.129 e. The molecule has 1 heterocycles. The summed E-state index contributed by atoms with van der Waals surface area (Å²) >= 11 is 0. The molecule has 1 aromatic heterocycles. The smallest absolute Gasteiger partial charge is 0.129 e. The number of aliphatic hydroxyl groups is 2. The van der Waals surface area contributed by atoms with Gasteiger partial charge in [-0.15, -0.1) is 0 Å². The standard InChI is InChI=1S/C19H27NO4/c21-11-5-4-10-20(13-17-7-2-1-3-8-17)14-18(22)15-23-16-19-9-6-12-24-19/h1-3,6-9,12,18,21-22H,4-5,10-11,13-16H2. The molecule has 0 bridgehead atoms. The van der Waals surface area contributed by atoms with Crippen molar-refractivity contribution in [3.8, 4) is 0 Å². The summed E-state index contributed by atoms with van der Waals surface area (Å²) in [4.78, 5) is 2.20. The second-order valence-electron chi connectivity index (χ2n) is 5.90. The molecule has 0 saturated heterocycles. The van der Waals surface area contributed by atoms with Crippen molar-refractivity contribution in [2.75, 3.05) is 26.3 Å². The lowest BCUT2D eigenvalue weighted by Crippen LogP contribution is -2.35. The van der Waals surface area contributed by atoms with Crippen LogP contribution in [0.1, 0.15) is 24.2 Å². The van der Waals surface area contributed by atoms with Crippen LogP contribution in [0.15, 0.2) is 53.1 Å². The van der Waals surface area contributed by atoms with E-state index in [0.29, 0.717) is 13.2 Å². The molecule has 0 aliphatic carbocycles. The van der Waals surface area contributed by atoms with Gasteiger partial charge in [0.25, 0.3) is 0 Å². The second kappa shape index (κ2) is 11.0. The van der Waals surface area contributed by atoms with Crippen LogP contribution in [0, 0.1) is 0 Å². The Labute approximate surface area is 143 Å². The minimum atomic E-state index is -0.558. The topological polar surface area (TPSA) is 66.1 Å². The molecule has 0 aliphatic heterocycles. The van der Waals surface area contributed by atoms with E-state index in [1.165, 1.54) is 5.56 Å². The number of ether oxygens (including phenoxy) is 1. The van der Waals surface area contributed by atoms with Gasteiger partial charge in [0, 0.05) is 19.7 Å². The molecule has 0 aliphatic rings. The quantitative estimate of drug-likeness (QED) is 0.584. The first-order valence-corrected chi connectivity index (χ1v) is 8.43. The van der Waals surface area contributed by atoms with Gasteiger partial charge in [0.2, 0.25) is 0 Å². The minimum Gasteiger partial charge on any atom is -0.467 e. The van der Waals surface area contributed by atoms with Crippen LogP contribution < -0.4 is 0 Å². The molecule has 0 radical (unpaired) electrons. The highest BCUT2D eigenvalue weighted by molar-refractivity contribution is 5.14. The fraction of sp³-hybridized carbons (Fsp3) is 0.474. The summed E-state index contributed by atoms with van der Waals surface area (Å²) in [5, 5.41) is 19.2. The second-order valence-corrected chi connectivity index (χ2v) is 5.90. The first kappa shape index (κ1) is 18.7. The molecule has 0 saturated carbocycles. The first-order chi connectivity index (χ1) is 11.8. The Kier molecular flexibility index (Phi) is 8.55. The largest absolute Gasteiger partial charge is 0.467 e. The molecule has 5 heteroatoms. The van der Waals surface area contributed by atoms with Crippen molar-refractivity contribution in [2.45, 2.75) is 32.1 Å². The van der Waals surface area contributed by atoms with Gasteiger partial charge < -0.3 is 19.4 Å². The van der Waals surface area contributed by atoms with E-state index in [-0.39, 0.29) is 13.2 Å². The highest BCUT2D eigenvalue weighted by Crippen LogP contribution is 2.08. The van der Waals surface area contributed by atoms with Crippen LogP contribution in [0.4, 0.5) is 0 Å². The van der Waals surface area contributed by atoms with E-state index in [9.17, 15) is 5.11 Å². The number of benzene rings is 1. The highest BCUT2D eigenvalue weighted by Gasteiger charge is 2.13. The molecule has 24 heavy (non-hydrogen) atoms. The zero-order valence-corrected chi connectivity index (χ0v) is 14.0. The Hall–Kier alpha value is -1.66. The Balaban J connectivity index is 1.77. The third kappa shape index (κ3) is 7.27. The number of unbranched alkanes of at least 4 members (excludes halogenated alkanes) is 1. The number of nitrogens with zero attached hydrogens (tertiary/aromatic N) is 1. The number of hydrogen-bond donors (Lipinski definition) is 2. The summed E-state index contributed by atoms with van der Waals surface area (Å²) < 4.78 is 10.7. The fourth-order valence-electron chi connectivity index (χ4n) is 2.56. The Morgan fingerprint density at radius 3 is 2.62 bits per heavy atom. The molecule has 0 spiro atoms. The van der Waals surface area contributed by atoms with Gasteiger partial charge in [0.1, 0.15) is 12.4 Å². The van der Waals surface area contributed by atoms with Gasteiger partial charge in [-0.2, -0.15) is 0 Å². The molecule has 1 unspecified atom stereocenters. The lowest BCUT2D eigenvalue weighted by molar-refractivity contribution is 0.00349. The molecule has 1 aromatic carbocycles. The molecule has 5 nitrogen and oxygen atoms in total. The van der Waals surface area contributed by atoms with Crippen molar-refractivity contribution < 1.29 is 19.4 Å². The summed E-state index contributed by atoms with van der Waals surface area (Å²) in [6.45, 7) is 3.00. The number of aliphatic hydroxyl groups excluding tert-OH is 2. The monoisotopic (exact) mass is 333 g/mol. The highest BCUT2D eigenvalue weighted by atomic mass is 16.5. The van der Waals surface area contributed by atoms with Crippen LogP contribution in [0.5, 0.6) is 0 Å². The van der Waals surface area contributed by atoms with E-state index in [1.54, 1.807) is 6.26 Å². The van der Waals surface area contributed by atoms with Crippen molar-refractivity contribution in [3.63, 3.8) is 0 Å². The molecule has 2 rings (SSSR count). The van der Waals surface area contributed by atoms with Crippen LogP contribution in [-0.4, -0.2) is 47.5 Å². The minimum absolute atomic E-state index is 0.202. The van der Waals surface area contributed by atoms with E-state index >= 15 is 0 Å². The van der Waals surface area contributed by atoms with Crippen molar-refractivity contribution in [1.82, 2.24) is 4.90 Å². The van der Waals surface area contributed by atoms with E-state index < -0.39 is 6.10 Å². The van der Waals surface area contributed by atoms with E-state index in [2.05, 4.69) is 17.0 Å². The van der Waals surface area contributed by atoms with E-state index in [1.807, 2.05) is 30.3 Å². The zero-order chi connectivity index (χ0) is 17.0. The number of rotatable bonds is 12. The van der Waals surface area contributed by atoms with E-state index in [0.717, 1.165) is 31.7 Å². The predicted molar refractivity (Wildman–Crippen MR) is 92.4 cm³/mol. The molecule has 0 fully saturated rings. The van der Waals surface area contributed by atoms with Crippen LogP contribution in [0.2, 0.25) is 0 Å². The van der Waals surface area contributed by atoms with Gasteiger partial charge in [-0.3, -0.25) is 4.90 Å². The average Bonchev–Trinajstić information content (AvgIpc) is 3.09. The third-order valence-corrected chi connectivity index (χ3v) is 3.74. The SMILES string of the molecule is OCCCCN(Cc1ccccc1)CC(O)COCc1ccco1. The summed E-state index contributed by atoms with van der Waals surface area (Å²) in [7, 11) is 0. The molecule has 0 amide bonds. The van der Waals surface area contributed by atoms with Crippen molar-refractivity contribution in [1.29, 1.82) is 0 Å². The first-order valence-electron chi connectivity index (χ1n) is 8.43. The number of furan rings is 1. The molecular formula is C19H27NO4. The van der Waals surface area contributed by atoms with Gasteiger partial charge in [-0.1, -0.05) is 30.3 Å². The van der Waals surface area contributed by atoms with Gasteiger partial charge in [0.15, 0.2) is 0 Å². The lowest BCUT2D eigenvalue weighted by Gasteiger charge is -2.25. The summed E-state index contributed by atoms with van der Waals surface area (Å²) in [5.74, 6) is 0.756. The molecule has 2 N–H and O–H groups in total. The number of hydrogen-bond acceptors (Lipinski definition) is 5. The van der Waals surface area contributed by atoms with E-state index in [4.69, 9.17) is 14.3 Å². The van der Waals surface area contributed by atoms with Gasteiger partial charge in [-0.25, -0.2) is 0 Å². The lowest BCUT2D eigenvalue weighted by atomic mass is 10.2. The summed E-state index contributed by atoms with van der Waals surface area (Å²) in [6, 6.07) is 13.9. The zero-order valence-electron chi connectivity index (χ0n) is 14.0. The van der Waals surface area contributed by atoms with Gasteiger partial charge in [-0.05, 0) is 37.1 Å². The molecule has 1 atom stereocenters.